The first-order valence-electron chi connectivity index (χ1n) is 8.23. The molecule has 3 rings (SSSR count). The molecule has 2 aromatic carbocycles. The lowest BCUT2D eigenvalue weighted by Gasteiger charge is -2.07. The van der Waals surface area contributed by atoms with E-state index in [0.29, 0.717) is 13.2 Å². The minimum Gasteiger partial charge on any atom is -0.493 e. The minimum absolute atomic E-state index is 0.0289. The van der Waals surface area contributed by atoms with Crippen LogP contribution in [0.2, 0.25) is 0 Å². The number of benzene rings is 2. The number of thiazole rings is 1. The van der Waals surface area contributed by atoms with Crippen molar-refractivity contribution in [2.45, 2.75) is 19.9 Å². The maximum atomic E-state index is 12.1. The van der Waals surface area contributed by atoms with Crippen molar-refractivity contribution in [3.63, 3.8) is 0 Å². The third kappa shape index (κ3) is 4.67. The molecule has 0 atom stereocenters. The number of carbonyl (C=O) groups is 1. The average Bonchev–Trinajstić information content (AvgIpc) is 3.10. The molecule has 1 amide bonds. The Balaban J connectivity index is 1.63. The van der Waals surface area contributed by atoms with Gasteiger partial charge in [-0.2, -0.15) is 0 Å². The van der Waals surface area contributed by atoms with Crippen molar-refractivity contribution in [1.29, 1.82) is 0 Å². The van der Waals surface area contributed by atoms with Crippen molar-refractivity contribution in [2.75, 3.05) is 6.61 Å². The van der Waals surface area contributed by atoms with Crippen LogP contribution >= 0.6 is 11.3 Å². The summed E-state index contributed by atoms with van der Waals surface area (Å²) in [6, 6.07) is 17.7. The zero-order valence-corrected chi connectivity index (χ0v) is 14.9. The van der Waals surface area contributed by atoms with Gasteiger partial charge < -0.3 is 10.1 Å². The van der Waals surface area contributed by atoms with Crippen molar-refractivity contribution < 1.29 is 9.53 Å². The Morgan fingerprint density at radius 3 is 2.68 bits per heavy atom. The lowest BCUT2D eigenvalue weighted by molar-refractivity contribution is -0.120. The number of hydrogen-bond donors (Lipinski definition) is 1. The summed E-state index contributed by atoms with van der Waals surface area (Å²) in [5.41, 5.74) is 2.82. The SMILES string of the molecule is CCOc1ccccc1-c1nc(CC(=O)NCc2ccccc2)cs1. The van der Waals surface area contributed by atoms with Crippen LogP contribution in [-0.4, -0.2) is 17.5 Å². The van der Waals surface area contributed by atoms with Gasteiger partial charge in [0.25, 0.3) is 0 Å². The van der Waals surface area contributed by atoms with Crippen molar-refractivity contribution in [2.24, 2.45) is 0 Å². The van der Waals surface area contributed by atoms with Gasteiger partial charge in [0.05, 0.1) is 24.3 Å². The van der Waals surface area contributed by atoms with Crippen molar-refractivity contribution in [1.82, 2.24) is 10.3 Å². The van der Waals surface area contributed by atoms with Gasteiger partial charge in [0.1, 0.15) is 10.8 Å². The fraction of sp³-hybridized carbons (Fsp3) is 0.200. The molecule has 25 heavy (non-hydrogen) atoms. The number of para-hydroxylation sites is 1. The molecule has 0 fully saturated rings. The van der Waals surface area contributed by atoms with E-state index < -0.39 is 0 Å². The summed E-state index contributed by atoms with van der Waals surface area (Å²) in [5, 5.41) is 5.73. The summed E-state index contributed by atoms with van der Waals surface area (Å²) >= 11 is 1.53. The first-order valence-corrected chi connectivity index (χ1v) is 9.11. The highest BCUT2D eigenvalue weighted by atomic mass is 32.1. The third-order valence-electron chi connectivity index (χ3n) is 3.64. The molecule has 0 saturated carbocycles. The lowest BCUT2D eigenvalue weighted by atomic mass is 10.2. The van der Waals surface area contributed by atoms with E-state index in [0.717, 1.165) is 27.6 Å². The van der Waals surface area contributed by atoms with Crippen molar-refractivity contribution in [3.8, 4) is 16.3 Å². The molecule has 0 radical (unpaired) electrons. The quantitative estimate of drug-likeness (QED) is 0.697. The van der Waals surface area contributed by atoms with Gasteiger partial charge in [-0.25, -0.2) is 4.98 Å². The Bertz CT molecular complexity index is 830. The van der Waals surface area contributed by atoms with Gasteiger partial charge in [-0.1, -0.05) is 42.5 Å². The lowest BCUT2D eigenvalue weighted by Crippen LogP contribution is -2.24. The maximum Gasteiger partial charge on any atom is 0.226 e. The Morgan fingerprint density at radius 2 is 1.88 bits per heavy atom. The number of carbonyl (C=O) groups excluding carboxylic acids is 1. The van der Waals surface area contributed by atoms with Gasteiger partial charge >= 0.3 is 0 Å². The highest BCUT2D eigenvalue weighted by Gasteiger charge is 2.12. The molecule has 4 nitrogen and oxygen atoms in total. The molecule has 1 heterocycles. The summed E-state index contributed by atoms with van der Waals surface area (Å²) in [6.45, 7) is 3.10. The molecule has 0 spiro atoms. The first kappa shape index (κ1) is 17.2. The monoisotopic (exact) mass is 352 g/mol. The van der Waals surface area contributed by atoms with Gasteiger partial charge in [0.2, 0.25) is 5.91 Å². The maximum absolute atomic E-state index is 12.1. The van der Waals surface area contributed by atoms with Crippen LogP contribution in [0.3, 0.4) is 0 Å². The number of ether oxygens (including phenoxy) is 1. The van der Waals surface area contributed by atoms with Gasteiger partial charge in [-0.05, 0) is 24.6 Å². The molecule has 1 aromatic heterocycles. The summed E-state index contributed by atoms with van der Waals surface area (Å²) < 4.78 is 5.66. The smallest absolute Gasteiger partial charge is 0.226 e. The Hall–Kier alpha value is -2.66. The van der Waals surface area contributed by atoms with Crippen LogP contribution in [0.4, 0.5) is 0 Å². The van der Waals surface area contributed by atoms with E-state index in [1.165, 1.54) is 11.3 Å². The van der Waals surface area contributed by atoms with Crippen molar-refractivity contribution in [3.05, 3.63) is 71.2 Å². The number of nitrogens with zero attached hydrogens (tertiary/aromatic N) is 1. The van der Waals surface area contributed by atoms with Gasteiger partial charge in [-0.15, -0.1) is 11.3 Å². The fourth-order valence-electron chi connectivity index (χ4n) is 2.46. The van der Waals surface area contributed by atoms with Crippen LogP contribution in [0.25, 0.3) is 10.6 Å². The van der Waals surface area contributed by atoms with Crippen LogP contribution in [0.15, 0.2) is 60.0 Å². The summed E-state index contributed by atoms with van der Waals surface area (Å²) in [4.78, 5) is 16.7. The topological polar surface area (TPSA) is 51.2 Å². The second-order valence-electron chi connectivity index (χ2n) is 5.51. The van der Waals surface area contributed by atoms with Gasteiger partial charge in [0, 0.05) is 11.9 Å². The van der Waals surface area contributed by atoms with Crippen LogP contribution in [0, 0.1) is 0 Å². The van der Waals surface area contributed by atoms with E-state index in [9.17, 15) is 4.79 Å². The molecule has 0 aliphatic rings. The van der Waals surface area contributed by atoms with E-state index in [1.807, 2.05) is 66.9 Å². The predicted molar refractivity (Wildman–Crippen MR) is 101 cm³/mol. The molecule has 128 valence electrons. The summed E-state index contributed by atoms with van der Waals surface area (Å²) in [5.74, 6) is 0.790. The van der Waals surface area contributed by atoms with E-state index in [4.69, 9.17) is 4.74 Å². The molecule has 0 aliphatic carbocycles. The van der Waals surface area contributed by atoms with Crippen LogP contribution in [-0.2, 0) is 17.8 Å². The zero-order valence-electron chi connectivity index (χ0n) is 14.1. The first-order chi connectivity index (χ1) is 12.3. The number of amides is 1. The summed E-state index contributed by atoms with van der Waals surface area (Å²) in [7, 11) is 0. The zero-order chi connectivity index (χ0) is 17.5. The van der Waals surface area contributed by atoms with Crippen molar-refractivity contribution >= 4 is 17.2 Å². The molecular weight excluding hydrogens is 332 g/mol. The average molecular weight is 352 g/mol. The Labute approximate surface area is 151 Å². The molecule has 1 N–H and O–H groups in total. The molecule has 3 aromatic rings. The van der Waals surface area contributed by atoms with E-state index in [2.05, 4.69) is 10.3 Å². The number of nitrogens with one attached hydrogen (secondary N) is 1. The second-order valence-corrected chi connectivity index (χ2v) is 6.37. The fourth-order valence-corrected chi connectivity index (χ4v) is 3.31. The largest absolute Gasteiger partial charge is 0.493 e. The van der Waals surface area contributed by atoms with Crippen LogP contribution in [0.1, 0.15) is 18.2 Å². The van der Waals surface area contributed by atoms with Gasteiger partial charge in [0.15, 0.2) is 0 Å². The van der Waals surface area contributed by atoms with E-state index in [1.54, 1.807) is 0 Å². The molecule has 0 aliphatic heterocycles. The van der Waals surface area contributed by atoms with Crippen LogP contribution in [0.5, 0.6) is 5.75 Å². The van der Waals surface area contributed by atoms with Crippen LogP contribution < -0.4 is 10.1 Å². The summed E-state index contributed by atoms with van der Waals surface area (Å²) in [6.07, 6.45) is 0.278. The number of aromatic nitrogens is 1. The van der Waals surface area contributed by atoms with E-state index >= 15 is 0 Å². The molecule has 0 saturated heterocycles. The normalized spacial score (nSPS) is 10.4. The molecule has 0 unspecified atom stereocenters. The van der Waals surface area contributed by atoms with E-state index in [-0.39, 0.29) is 12.3 Å². The number of hydrogen-bond acceptors (Lipinski definition) is 4. The molecule has 5 heteroatoms. The Kier molecular flexibility index (Phi) is 5.80. The predicted octanol–water partition coefficient (Wildman–Crippen LogP) is 4.07. The highest BCUT2D eigenvalue weighted by Crippen LogP contribution is 2.32. The molecule has 0 bridgehead atoms. The third-order valence-corrected chi connectivity index (χ3v) is 4.57. The highest BCUT2D eigenvalue weighted by molar-refractivity contribution is 7.13. The number of rotatable bonds is 7. The standard InChI is InChI=1S/C20H20N2O2S/c1-2-24-18-11-7-6-10-17(18)20-22-16(14-25-20)12-19(23)21-13-15-8-4-3-5-9-15/h3-11,14H,2,12-13H2,1H3,(H,21,23). The second kappa shape index (κ2) is 8.44. The minimum atomic E-state index is -0.0289. The Morgan fingerprint density at radius 1 is 1.12 bits per heavy atom. The van der Waals surface area contributed by atoms with Gasteiger partial charge in [-0.3, -0.25) is 4.79 Å². The molecular formula is C20H20N2O2S.